The zero-order valence-electron chi connectivity index (χ0n) is 22.2. The van der Waals surface area contributed by atoms with Gasteiger partial charge in [-0.15, -0.1) is 22.0 Å². The minimum absolute atomic E-state index is 0.0503. The van der Waals surface area contributed by atoms with E-state index in [9.17, 15) is 9.59 Å². The molecule has 3 rings (SSSR count). The van der Waals surface area contributed by atoms with Crippen LogP contribution in [0.3, 0.4) is 0 Å². The lowest BCUT2D eigenvalue weighted by atomic mass is 9.73. The Morgan fingerprint density at radius 1 is 1.14 bits per heavy atom. The molecule has 9 nitrogen and oxygen atoms in total. The zero-order valence-corrected chi connectivity index (χ0v) is 23.0. The fraction of sp³-hybridized carbons (Fsp3) is 0.538. The molecule has 196 valence electrons. The predicted octanol–water partition coefficient (Wildman–Crippen LogP) is 4.58. The Balaban J connectivity index is 1.63. The zero-order chi connectivity index (χ0) is 26.7. The fourth-order valence-electron chi connectivity index (χ4n) is 3.96. The first kappa shape index (κ1) is 27.6. The first-order chi connectivity index (χ1) is 16.8. The Kier molecular flexibility index (Phi) is 8.38. The highest BCUT2D eigenvalue weighted by Gasteiger charge is 2.43. The Labute approximate surface area is 216 Å². The number of benzene rings is 1. The molecule has 0 radical (unpaired) electrons. The molecular formula is C26H37N5O4S. The van der Waals surface area contributed by atoms with Crippen molar-refractivity contribution in [1.29, 1.82) is 0 Å². The maximum Gasteiger partial charge on any atom is 0.304 e. The van der Waals surface area contributed by atoms with Gasteiger partial charge in [0.15, 0.2) is 11.5 Å². The number of carbonyl (C=O) groups is 2. The summed E-state index contributed by atoms with van der Waals surface area (Å²) in [6.07, 6.45) is 1.03. The lowest BCUT2D eigenvalue weighted by Gasteiger charge is -2.40. The van der Waals surface area contributed by atoms with Crippen LogP contribution in [0.1, 0.15) is 69.6 Å². The molecule has 0 aliphatic heterocycles. The SMILES string of the molecule is Cc1ccc(OCCCC(=O)NC(C)(C)C(C)(C)c2nnc3c(SCCC(=O)O)c(C)[nH]n23)c(C)c1. The summed E-state index contributed by atoms with van der Waals surface area (Å²) in [4.78, 5) is 24.6. The average molecular weight is 516 g/mol. The van der Waals surface area contributed by atoms with Gasteiger partial charge in [0.25, 0.3) is 0 Å². The molecule has 2 aromatic heterocycles. The van der Waals surface area contributed by atoms with E-state index in [1.54, 1.807) is 0 Å². The molecule has 10 heteroatoms. The van der Waals surface area contributed by atoms with Crippen molar-refractivity contribution >= 4 is 29.3 Å². The maximum atomic E-state index is 12.8. The number of carbonyl (C=O) groups excluding carboxylic acids is 1. The van der Waals surface area contributed by atoms with Crippen LogP contribution in [0.25, 0.3) is 5.65 Å². The number of aliphatic carboxylic acids is 1. The van der Waals surface area contributed by atoms with E-state index in [0.717, 1.165) is 21.9 Å². The van der Waals surface area contributed by atoms with E-state index in [1.165, 1.54) is 17.3 Å². The number of ether oxygens (including phenoxy) is 1. The standard InChI is InChI=1S/C26H37N5O4S/c1-16-10-11-19(17(2)15-16)35-13-8-9-20(32)27-26(6,7)25(4,5)24-29-28-23-22(18(3)30-31(23)24)36-14-12-21(33)34/h10-11,15,30H,8-9,12-14H2,1-7H3,(H,27,32)(H,33,34). The number of carboxylic acid groups (broad SMARTS) is 1. The smallest absolute Gasteiger partial charge is 0.304 e. The Bertz CT molecular complexity index is 1240. The summed E-state index contributed by atoms with van der Waals surface area (Å²) >= 11 is 1.45. The monoisotopic (exact) mass is 515 g/mol. The van der Waals surface area contributed by atoms with Crippen LogP contribution in [0.4, 0.5) is 0 Å². The lowest BCUT2D eigenvalue weighted by molar-refractivity contribution is -0.136. The van der Waals surface area contributed by atoms with Gasteiger partial charge < -0.3 is 15.2 Å². The van der Waals surface area contributed by atoms with Crippen molar-refractivity contribution in [3.63, 3.8) is 0 Å². The number of hydrogen-bond acceptors (Lipinski definition) is 6. The summed E-state index contributed by atoms with van der Waals surface area (Å²) < 4.78 is 7.70. The number of aromatic amines is 1. The predicted molar refractivity (Wildman–Crippen MR) is 141 cm³/mol. The summed E-state index contributed by atoms with van der Waals surface area (Å²) in [5, 5.41) is 24.3. The van der Waals surface area contributed by atoms with E-state index in [2.05, 4.69) is 26.7 Å². The second-order valence-corrected chi connectivity index (χ2v) is 11.4. The normalized spacial score (nSPS) is 12.2. The second kappa shape index (κ2) is 10.9. The van der Waals surface area contributed by atoms with Gasteiger partial charge in [-0.1, -0.05) is 31.5 Å². The molecule has 3 N–H and O–H groups in total. The number of amides is 1. The van der Waals surface area contributed by atoms with Gasteiger partial charge in [0.05, 0.1) is 17.9 Å². The molecule has 36 heavy (non-hydrogen) atoms. The third-order valence-corrected chi connectivity index (χ3v) is 7.94. The maximum absolute atomic E-state index is 12.8. The number of fused-ring (bicyclic) bond motifs is 1. The molecule has 0 aliphatic carbocycles. The number of nitrogens with zero attached hydrogens (tertiary/aromatic N) is 3. The third-order valence-electron chi connectivity index (χ3n) is 6.76. The Morgan fingerprint density at radius 2 is 1.86 bits per heavy atom. The van der Waals surface area contributed by atoms with Crippen molar-refractivity contribution in [2.75, 3.05) is 12.4 Å². The molecule has 2 heterocycles. The molecule has 0 saturated heterocycles. The van der Waals surface area contributed by atoms with Crippen LogP contribution >= 0.6 is 11.8 Å². The average Bonchev–Trinajstić information content (AvgIpc) is 3.31. The van der Waals surface area contributed by atoms with Crippen LogP contribution in [0, 0.1) is 20.8 Å². The van der Waals surface area contributed by atoms with Crippen LogP contribution in [0.2, 0.25) is 0 Å². The minimum Gasteiger partial charge on any atom is -0.493 e. The van der Waals surface area contributed by atoms with E-state index in [1.807, 2.05) is 65.1 Å². The van der Waals surface area contributed by atoms with Crippen LogP contribution in [0.15, 0.2) is 23.1 Å². The molecule has 0 bridgehead atoms. The molecule has 0 aliphatic rings. The van der Waals surface area contributed by atoms with E-state index in [-0.39, 0.29) is 12.3 Å². The highest BCUT2D eigenvalue weighted by molar-refractivity contribution is 7.99. The number of aryl methyl sites for hydroxylation is 3. The van der Waals surface area contributed by atoms with Crippen molar-refractivity contribution in [3.05, 3.63) is 40.8 Å². The molecule has 0 saturated carbocycles. The van der Waals surface area contributed by atoms with Crippen LogP contribution in [-0.2, 0) is 15.0 Å². The summed E-state index contributed by atoms with van der Waals surface area (Å²) in [5.41, 5.74) is 2.64. The Hall–Kier alpha value is -3.01. The van der Waals surface area contributed by atoms with Crippen LogP contribution in [0.5, 0.6) is 5.75 Å². The quantitative estimate of drug-likeness (QED) is 0.238. The van der Waals surface area contributed by atoms with E-state index in [0.29, 0.717) is 36.7 Å². The summed E-state index contributed by atoms with van der Waals surface area (Å²) in [5.74, 6) is 1.11. The van der Waals surface area contributed by atoms with Crippen LogP contribution in [-0.4, -0.2) is 54.7 Å². The van der Waals surface area contributed by atoms with Gasteiger partial charge in [-0.3, -0.25) is 14.7 Å². The van der Waals surface area contributed by atoms with Crippen LogP contribution < -0.4 is 10.1 Å². The van der Waals surface area contributed by atoms with Gasteiger partial charge in [0.1, 0.15) is 5.75 Å². The number of rotatable bonds is 12. The molecule has 0 fully saturated rings. The van der Waals surface area contributed by atoms with Crippen molar-refractivity contribution < 1.29 is 19.4 Å². The highest BCUT2D eigenvalue weighted by Crippen LogP contribution is 2.36. The lowest BCUT2D eigenvalue weighted by Crippen LogP contribution is -2.56. The minimum atomic E-state index is -0.829. The summed E-state index contributed by atoms with van der Waals surface area (Å²) in [7, 11) is 0. The van der Waals surface area contributed by atoms with Crippen molar-refractivity contribution in [2.45, 2.75) is 83.6 Å². The second-order valence-electron chi connectivity index (χ2n) is 10.3. The van der Waals surface area contributed by atoms with Gasteiger partial charge in [-0.2, -0.15) is 0 Å². The van der Waals surface area contributed by atoms with E-state index >= 15 is 0 Å². The van der Waals surface area contributed by atoms with E-state index in [4.69, 9.17) is 9.84 Å². The number of H-pyrrole nitrogens is 1. The van der Waals surface area contributed by atoms with Gasteiger partial charge >= 0.3 is 5.97 Å². The molecule has 1 amide bonds. The van der Waals surface area contributed by atoms with Gasteiger partial charge in [-0.25, -0.2) is 4.52 Å². The topological polar surface area (TPSA) is 122 Å². The molecule has 1 aromatic carbocycles. The third kappa shape index (κ3) is 6.03. The molecular weight excluding hydrogens is 478 g/mol. The van der Waals surface area contributed by atoms with Crippen molar-refractivity contribution in [2.24, 2.45) is 0 Å². The van der Waals surface area contributed by atoms with Crippen molar-refractivity contribution in [1.82, 2.24) is 25.1 Å². The summed E-state index contributed by atoms with van der Waals surface area (Å²) in [6, 6.07) is 6.07. The first-order valence-corrected chi connectivity index (χ1v) is 13.1. The largest absolute Gasteiger partial charge is 0.493 e. The highest BCUT2D eigenvalue weighted by atomic mass is 32.2. The first-order valence-electron chi connectivity index (χ1n) is 12.1. The Morgan fingerprint density at radius 3 is 2.53 bits per heavy atom. The van der Waals surface area contributed by atoms with Crippen molar-refractivity contribution in [3.8, 4) is 5.75 Å². The molecule has 0 unspecified atom stereocenters. The van der Waals surface area contributed by atoms with Gasteiger partial charge in [0, 0.05) is 28.8 Å². The number of carboxylic acids is 1. The van der Waals surface area contributed by atoms with Gasteiger partial charge in [-0.05, 0) is 52.7 Å². The number of thioether (sulfide) groups is 1. The number of aromatic nitrogens is 4. The molecule has 0 atom stereocenters. The molecule has 0 spiro atoms. The number of hydrogen-bond donors (Lipinski definition) is 3. The number of nitrogens with one attached hydrogen (secondary N) is 2. The van der Waals surface area contributed by atoms with Gasteiger partial charge in [0.2, 0.25) is 5.91 Å². The fourth-order valence-corrected chi connectivity index (χ4v) is 4.97. The molecule has 3 aromatic rings. The van der Waals surface area contributed by atoms with E-state index < -0.39 is 16.9 Å². The summed E-state index contributed by atoms with van der Waals surface area (Å²) in [6.45, 7) is 14.5.